The third-order valence-corrected chi connectivity index (χ3v) is 5.94. The van der Waals surface area contributed by atoms with E-state index < -0.39 is 21.5 Å². The summed E-state index contributed by atoms with van der Waals surface area (Å²) < 4.78 is 28.3. The van der Waals surface area contributed by atoms with Gasteiger partial charge < -0.3 is 4.90 Å². The first-order valence-corrected chi connectivity index (χ1v) is 10.1. The highest BCUT2D eigenvalue weighted by Crippen LogP contribution is 2.18. The molecule has 2 aliphatic rings. The molecule has 0 spiro atoms. The Balaban J connectivity index is 1.73. The topological polar surface area (TPSA) is 114 Å². The Morgan fingerprint density at radius 1 is 1.38 bits per heavy atom. The maximum atomic E-state index is 12.7. The van der Waals surface area contributed by atoms with Crippen molar-refractivity contribution in [3.05, 3.63) is 51.5 Å². The van der Waals surface area contributed by atoms with Gasteiger partial charge in [-0.05, 0) is 30.5 Å². The molecular weight excluding hydrogens is 378 g/mol. The monoisotopic (exact) mass is 391 g/mol. The first kappa shape index (κ1) is 16.7. The molecule has 0 saturated carbocycles. The number of amidine groups is 1. The number of carbonyl (C=O) groups excluding carboxylic acids is 1. The van der Waals surface area contributed by atoms with Gasteiger partial charge in [0, 0.05) is 12.7 Å². The summed E-state index contributed by atoms with van der Waals surface area (Å²) in [5.74, 6) is -0.392. The van der Waals surface area contributed by atoms with Crippen LogP contribution in [-0.4, -0.2) is 47.0 Å². The zero-order valence-corrected chi connectivity index (χ0v) is 15.2. The quantitative estimate of drug-likeness (QED) is 0.789. The number of carbonyl (C=O) groups is 1. The molecule has 0 aromatic carbocycles. The van der Waals surface area contributed by atoms with Crippen LogP contribution in [0.15, 0.2) is 44.6 Å². The first-order valence-electron chi connectivity index (χ1n) is 7.62. The van der Waals surface area contributed by atoms with Crippen LogP contribution < -0.4 is 11.0 Å². The van der Waals surface area contributed by atoms with Crippen molar-refractivity contribution >= 4 is 43.3 Å². The minimum atomic E-state index is -3.62. The fraction of sp³-hybridized carbons (Fsp3) is 0.200. The highest BCUT2D eigenvalue weighted by atomic mass is 32.2. The van der Waals surface area contributed by atoms with Gasteiger partial charge in [0.15, 0.2) is 5.84 Å². The van der Waals surface area contributed by atoms with Crippen LogP contribution in [0.1, 0.15) is 5.82 Å². The number of aryl methyl sites for hydroxylation is 1. The van der Waals surface area contributed by atoms with E-state index >= 15 is 0 Å². The Labute approximate surface area is 152 Å². The third-order valence-electron chi connectivity index (χ3n) is 3.98. The Morgan fingerprint density at radius 3 is 3.00 bits per heavy atom. The van der Waals surface area contributed by atoms with Crippen molar-refractivity contribution in [2.45, 2.75) is 6.92 Å². The molecule has 0 saturated heterocycles. The molecule has 2 aliphatic heterocycles. The lowest BCUT2D eigenvalue weighted by molar-refractivity contribution is -0.113. The highest BCUT2D eigenvalue weighted by molar-refractivity contribution is 7.90. The molecule has 0 unspecified atom stereocenters. The van der Waals surface area contributed by atoms with Crippen LogP contribution in [0.3, 0.4) is 0 Å². The van der Waals surface area contributed by atoms with E-state index in [-0.39, 0.29) is 23.7 Å². The number of hydrogen-bond donors (Lipinski definition) is 1. The van der Waals surface area contributed by atoms with Gasteiger partial charge in [-0.15, -0.1) is 15.7 Å². The summed E-state index contributed by atoms with van der Waals surface area (Å²) in [4.78, 5) is 31.7. The molecule has 0 fully saturated rings. The van der Waals surface area contributed by atoms with E-state index in [1.165, 1.54) is 17.4 Å². The van der Waals surface area contributed by atoms with Gasteiger partial charge in [0.2, 0.25) is 0 Å². The summed E-state index contributed by atoms with van der Waals surface area (Å²) in [7, 11) is -3.62. The van der Waals surface area contributed by atoms with Gasteiger partial charge in [-0.1, -0.05) is 0 Å². The standard InChI is InChI=1S/C15H13N5O4S2/c1-9-16-14-11(4-7-25-14)15(22)20(9)17-13(21)10-3-2-5-19-6-8-26(23,24)18-12(10)19/h2-5,7H,6,8H2,1H3,(H,17,21). The van der Waals surface area contributed by atoms with E-state index in [0.29, 0.717) is 16.0 Å². The molecule has 2 aromatic heterocycles. The molecule has 0 aliphatic carbocycles. The van der Waals surface area contributed by atoms with Crippen molar-refractivity contribution in [2.24, 2.45) is 4.40 Å². The molecule has 134 valence electrons. The van der Waals surface area contributed by atoms with Gasteiger partial charge >= 0.3 is 0 Å². The Kier molecular flexibility index (Phi) is 3.77. The number of hydrogen-bond acceptors (Lipinski definition) is 7. The lowest BCUT2D eigenvalue weighted by atomic mass is 10.1. The second-order valence-electron chi connectivity index (χ2n) is 5.70. The zero-order chi connectivity index (χ0) is 18.5. The molecule has 0 atom stereocenters. The smallest absolute Gasteiger partial charge is 0.281 e. The molecule has 0 radical (unpaired) electrons. The normalized spacial score (nSPS) is 18.3. The molecule has 4 rings (SSSR count). The van der Waals surface area contributed by atoms with Crippen LogP contribution in [0, 0.1) is 6.92 Å². The molecular formula is C15H13N5O4S2. The number of sulfonamides is 1. The van der Waals surface area contributed by atoms with E-state index in [2.05, 4.69) is 14.8 Å². The largest absolute Gasteiger partial charge is 0.331 e. The molecule has 9 nitrogen and oxygen atoms in total. The molecule has 0 bridgehead atoms. The van der Waals surface area contributed by atoms with E-state index in [1.807, 2.05) is 0 Å². The lowest BCUT2D eigenvalue weighted by Gasteiger charge is -2.28. The lowest BCUT2D eigenvalue weighted by Crippen LogP contribution is -2.43. The number of nitrogens with zero attached hydrogens (tertiary/aromatic N) is 4. The average molecular weight is 391 g/mol. The molecule has 2 aromatic rings. The van der Waals surface area contributed by atoms with E-state index in [9.17, 15) is 18.0 Å². The summed E-state index contributed by atoms with van der Waals surface area (Å²) in [5, 5.41) is 2.15. The predicted molar refractivity (Wildman–Crippen MR) is 98.1 cm³/mol. The number of thiophene rings is 1. The Hall–Kier alpha value is -2.79. The van der Waals surface area contributed by atoms with Crippen molar-refractivity contribution in [1.29, 1.82) is 0 Å². The first-order chi connectivity index (χ1) is 12.4. The maximum absolute atomic E-state index is 12.7. The van der Waals surface area contributed by atoms with Crippen LogP contribution in [0.4, 0.5) is 0 Å². The van der Waals surface area contributed by atoms with Crippen LogP contribution in [0.25, 0.3) is 10.2 Å². The van der Waals surface area contributed by atoms with Crippen molar-refractivity contribution in [1.82, 2.24) is 14.6 Å². The van der Waals surface area contributed by atoms with Crippen molar-refractivity contribution < 1.29 is 13.2 Å². The predicted octanol–water partition coefficient (Wildman–Crippen LogP) is 0.334. The Morgan fingerprint density at radius 2 is 2.19 bits per heavy atom. The number of rotatable bonds is 2. The SMILES string of the molecule is Cc1nc2sccc2c(=O)n1NC(=O)C1=CC=CN2CCS(=O)(=O)N=C12. The summed E-state index contributed by atoms with van der Waals surface area (Å²) >= 11 is 1.34. The number of aromatic nitrogens is 2. The highest BCUT2D eigenvalue weighted by Gasteiger charge is 2.30. The van der Waals surface area contributed by atoms with Gasteiger partial charge in [0.1, 0.15) is 10.7 Å². The summed E-state index contributed by atoms with van der Waals surface area (Å²) in [6.07, 6.45) is 4.74. The van der Waals surface area contributed by atoms with E-state index in [1.54, 1.807) is 35.5 Å². The number of amides is 1. The fourth-order valence-electron chi connectivity index (χ4n) is 2.70. The third kappa shape index (κ3) is 2.74. The second kappa shape index (κ2) is 5.88. The summed E-state index contributed by atoms with van der Waals surface area (Å²) in [5.41, 5.74) is 2.16. The summed E-state index contributed by atoms with van der Waals surface area (Å²) in [6.45, 7) is 1.81. The number of fused-ring (bicyclic) bond motifs is 2. The van der Waals surface area contributed by atoms with Gasteiger partial charge in [-0.3, -0.25) is 15.0 Å². The molecule has 11 heteroatoms. The zero-order valence-electron chi connectivity index (χ0n) is 13.5. The van der Waals surface area contributed by atoms with Crippen molar-refractivity contribution in [3.8, 4) is 0 Å². The van der Waals surface area contributed by atoms with Crippen LogP contribution in [0.2, 0.25) is 0 Å². The molecule has 1 N–H and O–H groups in total. The number of allylic oxidation sites excluding steroid dienone is 2. The second-order valence-corrected chi connectivity index (χ2v) is 8.35. The van der Waals surface area contributed by atoms with Crippen molar-refractivity contribution in [2.75, 3.05) is 17.7 Å². The molecule has 26 heavy (non-hydrogen) atoms. The van der Waals surface area contributed by atoms with E-state index in [0.717, 1.165) is 4.68 Å². The van der Waals surface area contributed by atoms with E-state index in [4.69, 9.17) is 0 Å². The van der Waals surface area contributed by atoms with Gasteiger partial charge in [0.05, 0.1) is 16.7 Å². The Bertz CT molecular complexity index is 1190. The average Bonchev–Trinajstić information content (AvgIpc) is 3.05. The molecule has 4 heterocycles. The summed E-state index contributed by atoms with van der Waals surface area (Å²) in [6, 6.07) is 1.64. The van der Waals surface area contributed by atoms with Gasteiger partial charge in [-0.25, -0.2) is 18.1 Å². The fourth-order valence-corrected chi connectivity index (χ4v) is 4.49. The van der Waals surface area contributed by atoms with Crippen LogP contribution in [-0.2, 0) is 14.8 Å². The van der Waals surface area contributed by atoms with Crippen LogP contribution in [0.5, 0.6) is 0 Å². The maximum Gasteiger partial charge on any atom is 0.281 e. The van der Waals surface area contributed by atoms with Gasteiger partial charge in [0.25, 0.3) is 21.5 Å². The number of nitrogens with one attached hydrogen (secondary N) is 1. The van der Waals surface area contributed by atoms with Gasteiger partial charge in [-0.2, -0.15) is 0 Å². The van der Waals surface area contributed by atoms with Crippen LogP contribution >= 0.6 is 11.3 Å². The molecule has 1 amide bonds. The van der Waals surface area contributed by atoms with Crippen molar-refractivity contribution in [3.63, 3.8) is 0 Å². The minimum absolute atomic E-state index is 0.0477. The minimum Gasteiger partial charge on any atom is -0.331 e.